The average Bonchev–Trinajstić information content (AvgIpc) is 2.70. The number of imidazole rings is 1. The first-order chi connectivity index (χ1) is 7.63. The molecule has 2 aromatic heterocycles. The van der Waals surface area contributed by atoms with Gasteiger partial charge in [-0.25, -0.2) is 9.97 Å². The Balaban J connectivity index is 2.58. The molecule has 0 saturated heterocycles. The van der Waals surface area contributed by atoms with Crippen molar-refractivity contribution in [2.24, 2.45) is 5.73 Å². The Labute approximate surface area is 92.1 Å². The van der Waals surface area contributed by atoms with Crippen molar-refractivity contribution in [2.75, 3.05) is 7.11 Å². The van der Waals surface area contributed by atoms with Crippen LogP contribution in [-0.2, 0) is 0 Å². The van der Waals surface area contributed by atoms with Gasteiger partial charge in [0.2, 0.25) is 5.88 Å². The molecule has 0 fully saturated rings. The van der Waals surface area contributed by atoms with Crippen molar-refractivity contribution in [3.05, 3.63) is 24.3 Å². The zero-order chi connectivity index (χ0) is 11.7. The van der Waals surface area contributed by atoms with E-state index >= 15 is 0 Å². The number of methoxy groups -OCH3 is 1. The van der Waals surface area contributed by atoms with Crippen LogP contribution in [0, 0.1) is 0 Å². The number of aromatic nitrogens is 3. The number of ketones is 1. The number of Topliss-reactive ketones (excluding diaryl/α,β-unsaturated/α-hetero) is 1. The third-order valence-corrected chi connectivity index (χ3v) is 2.25. The van der Waals surface area contributed by atoms with Crippen LogP contribution in [0.1, 0.15) is 17.4 Å². The molecule has 1 unspecified atom stereocenters. The van der Waals surface area contributed by atoms with E-state index in [9.17, 15) is 4.79 Å². The van der Waals surface area contributed by atoms with Gasteiger partial charge in [-0.05, 0) is 6.92 Å². The van der Waals surface area contributed by atoms with E-state index in [0.717, 1.165) is 0 Å². The van der Waals surface area contributed by atoms with E-state index < -0.39 is 6.04 Å². The molecule has 0 aliphatic carbocycles. The minimum atomic E-state index is -0.556. The van der Waals surface area contributed by atoms with Crippen molar-refractivity contribution in [1.82, 2.24) is 14.4 Å². The first kappa shape index (κ1) is 10.6. The number of carbonyl (C=O) groups excluding carboxylic acids is 1. The van der Waals surface area contributed by atoms with Crippen LogP contribution in [-0.4, -0.2) is 33.3 Å². The van der Waals surface area contributed by atoms with Crippen LogP contribution in [0.25, 0.3) is 5.65 Å². The minimum Gasteiger partial charge on any atom is -0.480 e. The number of fused-ring (bicyclic) bond motifs is 1. The van der Waals surface area contributed by atoms with Crippen molar-refractivity contribution in [3.8, 4) is 5.88 Å². The van der Waals surface area contributed by atoms with Crippen LogP contribution in [0.3, 0.4) is 0 Å². The normalized spacial score (nSPS) is 12.7. The Morgan fingerprint density at radius 2 is 2.25 bits per heavy atom. The van der Waals surface area contributed by atoms with E-state index in [4.69, 9.17) is 10.5 Å². The van der Waals surface area contributed by atoms with Gasteiger partial charge in [0.15, 0.2) is 11.4 Å². The van der Waals surface area contributed by atoms with Gasteiger partial charge < -0.3 is 10.5 Å². The number of ether oxygens (including phenoxy) is 1. The summed E-state index contributed by atoms with van der Waals surface area (Å²) in [5.41, 5.74) is 6.57. The predicted octanol–water partition coefficient (Wildman–Crippen LogP) is 0.268. The van der Waals surface area contributed by atoms with Crippen molar-refractivity contribution >= 4 is 11.4 Å². The first-order valence-corrected chi connectivity index (χ1v) is 4.80. The molecule has 16 heavy (non-hydrogen) atoms. The molecule has 2 heterocycles. The van der Waals surface area contributed by atoms with Crippen LogP contribution in [0.2, 0.25) is 0 Å². The molecule has 0 aliphatic rings. The van der Waals surface area contributed by atoms with E-state index in [-0.39, 0.29) is 5.78 Å². The third kappa shape index (κ3) is 1.63. The van der Waals surface area contributed by atoms with Crippen molar-refractivity contribution in [2.45, 2.75) is 13.0 Å². The highest BCUT2D eigenvalue weighted by molar-refractivity contribution is 5.98. The largest absolute Gasteiger partial charge is 0.480 e. The van der Waals surface area contributed by atoms with Gasteiger partial charge in [-0.15, -0.1) is 0 Å². The van der Waals surface area contributed by atoms with E-state index in [1.54, 1.807) is 17.5 Å². The van der Waals surface area contributed by atoms with Crippen LogP contribution in [0.5, 0.6) is 5.88 Å². The van der Waals surface area contributed by atoms with Crippen molar-refractivity contribution in [1.29, 1.82) is 0 Å². The monoisotopic (exact) mass is 220 g/mol. The van der Waals surface area contributed by atoms with Gasteiger partial charge in [0.25, 0.3) is 0 Å². The lowest BCUT2D eigenvalue weighted by molar-refractivity contribution is 0.0962. The summed E-state index contributed by atoms with van der Waals surface area (Å²) in [6.07, 6.45) is 4.64. The van der Waals surface area contributed by atoms with E-state index in [1.165, 1.54) is 19.5 Å². The van der Waals surface area contributed by atoms with Gasteiger partial charge in [-0.2, -0.15) is 0 Å². The van der Waals surface area contributed by atoms with Gasteiger partial charge in [0.1, 0.15) is 5.69 Å². The molecule has 0 bridgehead atoms. The van der Waals surface area contributed by atoms with Gasteiger partial charge in [0.05, 0.1) is 31.7 Å². The Bertz CT molecular complexity index is 533. The lowest BCUT2D eigenvalue weighted by Crippen LogP contribution is -2.27. The van der Waals surface area contributed by atoms with Gasteiger partial charge in [-0.1, -0.05) is 0 Å². The zero-order valence-electron chi connectivity index (χ0n) is 9.04. The fourth-order valence-corrected chi connectivity index (χ4v) is 1.39. The molecule has 0 radical (unpaired) electrons. The molecule has 0 amide bonds. The van der Waals surface area contributed by atoms with Gasteiger partial charge in [-0.3, -0.25) is 9.20 Å². The van der Waals surface area contributed by atoms with Crippen molar-refractivity contribution in [3.63, 3.8) is 0 Å². The van der Waals surface area contributed by atoms with E-state index in [1.807, 2.05) is 0 Å². The fraction of sp³-hybridized carbons (Fsp3) is 0.300. The molecule has 84 valence electrons. The van der Waals surface area contributed by atoms with E-state index in [2.05, 4.69) is 9.97 Å². The Hall–Kier alpha value is -1.95. The number of nitrogens with zero attached hydrogens (tertiary/aromatic N) is 3. The molecule has 0 aromatic carbocycles. The summed E-state index contributed by atoms with van der Waals surface area (Å²) in [6, 6.07) is -0.556. The van der Waals surface area contributed by atoms with Crippen LogP contribution in [0.15, 0.2) is 18.6 Å². The molecule has 1 atom stereocenters. The number of hydrogen-bond acceptors (Lipinski definition) is 5. The fourth-order valence-electron chi connectivity index (χ4n) is 1.39. The maximum atomic E-state index is 11.8. The first-order valence-electron chi connectivity index (χ1n) is 4.80. The summed E-state index contributed by atoms with van der Waals surface area (Å²) in [6.45, 7) is 1.64. The maximum Gasteiger partial charge on any atom is 0.230 e. The molecule has 6 nitrogen and oxygen atoms in total. The van der Waals surface area contributed by atoms with E-state index in [0.29, 0.717) is 17.2 Å². The van der Waals surface area contributed by atoms with Crippen molar-refractivity contribution < 1.29 is 9.53 Å². The Kier molecular flexibility index (Phi) is 2.57. The highest BCUT2D eigenvalue weighted by Crippen LogP contribution is 2.12. The second-order valence-corrected chi connectivity index (χ2v) is 3.45. The molecule has 0 spiro atoms. The summed E-state index contributed by atoms with van der Waals surface area (Å²) in [7, 11) is 1.51. The SMILES string of the molecule is COc1cn2c(C(=O)C(C)N)cnc2cn1. The maximum absolute atomic E-state index is 11.8. The standard InChI is InChI=1S/C10H12N4O2/c1-6(11)10(15)7-3-12-8-4-13-9(16-2)5-14(7)8/h3-6H,11H2,1-2H3. The zero-order valence-corrected chi connectivity index (χ0v) is 9.04. The molecule has 0 saturated carbocycles. The lowest BCUT2D eigenvalue weighted by Gasteiger charge is -2.04. The summed E-state index contributed by atoms with van der Waals surface area (Å²) in [5.74, 6) is 0.255. The topological polar surface area (TPSA) is 82.5 Å². The third-order valence-electron chi connectivity index (χ3n) is 2.25. The van der Waals surface area contributed by atoms with Crippen LogP contribution in [0.4, 0.5) is 0 Å². The summed E-state index contributed by atoms with van der Waals surface area (Å²) in [5, 5.41) is 0. The summed E-state index contributed by atoms with van der Waals surface area (Å²) < 4.78 is 6.61. The Morgan fingerprint density at radius 3 is 2.88 bits per heavy atom. The lowest BCUT2D eigenvalue weighted by atomic mass is 10.2. The predicted molar refractivity (Wildman–Crippen MR) is 57.5 cm³/mol. The molecular weight excluding hydrogens is 208 g/mol. The second kappa shape index (κ2) is 3.90. The summed E-state index contributed by atoms with van der Waals surface area (Å²) >= 11 is 0. The highest BCUT2D eigenvalue weighted by atomic mass is 16.5. The van der Waals surface area contributed by atoms with Gasteiger partial charge >= 0.3 is 0 Å². The molecule has 2 rings (SSSR count). The average molecular weight is 220 g/mol. The Morgan fingerprint density at radius 1 is 1.50 bits per heavy atom. The molecule has 2 aromatic rings. The summed E-state index contributed by atoms with van der Waals surface area (Å²) in [4.78, 5) is 19.8. The molecular formula is C10H12N4O2. The smallest absolute Gasteiger partial charge is 0.230 e. The van der Waals surface area contributed by atoms with Crippen LogP contribution >= 0.6 is 0 Å². The number of carbonyl (C=O) groups is 1. The number of nitrogens with two attached hydrogens (primary N) is 1. The molecule has 0 aliphatic heterocycles. The van der Waals surface area contributed by atoms with Crippen LogP contribution < -0.4 is 10.5 Å². The number of rotatable bonds is 3. The second-order valence-electron chi connectivity index (χ2n) is 3.45. The molecule has 6 heteroatoms. The highest BCUT2D eigenvalue weighted by Gasteiger charge is 2.16. The van der Waals surface area contributed by atoms with Gasteiger partial charge in [0, 0.05) is 0 Å². The molecule has 2 N–H and O–H groups in total. The number of hydrogen-bond donors (Lipinski definition) is 1. The quantitative estimate of drug-likeness (QED) is 0.750. The minimum absolute atomic E-state index is 0.166.